The number of hydrogen-bond acceptors (Lipinski definition) is 5. The van der Waals surface area contributed by atoms with Crippen molar-refractivity contribution in [2.75, 3.05) is 5.32 Å². The third-order valence-electron chi connectivity index (χ3n) is 6.07. The molecule has 0 fully saturated rings. The van der Waals surface area contributed by atoms with Crippen LogP contribution in [0.1, 0.15) is 41.1 Å². The molecule has 0 saturated carbocycles. The molecular formula is C28H25FN4O2S. The number of amidine groups is 1. The summed E-state index contributed by atoms with van der Waals surface area (Å²) in [7, 11) is 0. The van der Waals surface area contributed by atoms with E-state index in [-0.39, 0.29) is 30.1 Å². The lowest BCUT2D eigenvalue weighted by molar-refractivity contribution is -0.121. The Balaban J connectivity index is 1.34. The van der Waals surface area contributed by atoms with Crippen molar-refractivity contribution in [2.45, 2.75) is 38.0 Å². The maximum Gasteiger partial charge on any atom is 0.262 e. The number of nitrogens with one attached hydrogen (secondary N) is 1. The molecule has 3 aromatic rings. The average molecular weight is 501 g/mol. The van der Waals surface area contributed by atoms with Crippen LogP contribution in [-0.4, -0.2) is 33.0 Å². The molecule has 2 heterocycles. The Hall–Kier alpha value is -3.78. The molecule has 0 radical (unpaired) electrons. The van der Waals surface area contributed by atoms with Crippen molar-refractivity contribution in [1.29, 1.82) is 0 Å². The number of halogens is 1. The second kappa shape index (κ2) is 10.1. The molecule has 2 amide bonds. The Morgan fingerprint density at radius 2 is 1.75 bits per heavy atom. The molecule has 2 aliphatic heterocycles. The number of hydrazone groups is 1. The number of anilines is 1. The number of hydrogen-bond donors (Lipinski definition) is 1. The summed E-state index contributed by atoms with van der Waals surface area (Å²) in [5, 5.41) is 9.26. The van der Waals surface area contributed by atoms with E-state index in [2.05, 4.69) is 10.3 Å². The quantitative estimate of drug-likeness (QED) is 0.493. The number of thioether (sulfide) groups is 1. The van der Waals surface area contributed by atoms with Gasteiger partial charge >= 0.3 is 0 Å². The van der Waals surface area contributed by atoms with E-state index in [1.165, 1.54) is 23.9 Å². The lowest BCUT2D eigenvalue weighted by Crippen LogP contribution is -2.25. The van der Waals surface area contributed by atoms with Gasteiger partial charge in [-0.3, -0.25) is 9.59 Å². The van der Waals surface area contributed by atoms with Crippen LogP contribution in [0, 0.1) is 19.7 Å². The summed E-state index contributed by atoms with van der Waals surface area (Å²) in [6.07, 6.45) is 0.592. The number of carbonyl (C=O) groups is 2. The lowest BCUT2D eigenvalue weighted by Gasteiger charge is -2.23. The molecule has 36 heavy (non-hydrogen) atoms. The van der Waals surface area contributed by atoms with Crippen molar-refractivity contribution in [2.24, 2.45) is 10.1 Å². The van der Waals surface area contributed by atoms with Gasteiger partial charge in [-0.2, -0.15) is 10.1 Å². The Morgan fingerprint density at radius 3 is 2.44 bits per heavy atom. The fourth-order valence-corrected chi connectivity index (χ4v) is 5.53. The van der Waals surface area contributed by atoms with Crippen LogP contribution in [0.4, 0.5) is 10.1 Å². The van der Waals surface area contributed by atoms with Crippen LogP contribution in [0.2, 0.25) is 0 Å². The number of carbonyl (C=O) groups excluding carboxylic acids is 2. The molecule has 182 valence electrons. The van der Waals surface area contributed by atoms with Gasteiger partial charge in [-0.05, 0) is 60.4 Å². The number of amides is 2. The normalized spacial score (nSPS) is 19.3. The number of aryl methyl sites for hydroxylation is 2. The van der Waals surface area contributed by atoms with Gasteiger partial charge in [0.25, 0.3) is 5.91 Å². The molecular weight excluding hydrogens is 475 g/mol. The molecule has 3 aromatic carbocycles. The van der Waals surface area contributed by atoms with Gasteiger partial charge in [0.2, 0.25) is 5.91 Å². The van der Waals surface area contributed by atoms with Crippen molar-refractivity contribution >= 4 is 40.1 Å². The molecule has 1 N–H and O–H groups in total. The first-order chi connectivity index (χ1) is 17.4. The van der Waals surface area contributed by atoms with Crippen LogP contribution in [-0.2, 0) is 9.59 Å². The van der Waals surface area contributed by atoms with Gasteiger partial charge in [0.1, 0.15) is 11.1 Å². The maximum atomic E-state index is 13.6. The van der Waals surface area contributed by atoms with Gasteiger partial charge in [0.05, 0.1) is 11.8 Å². The van der Waals surface area contributed by atoms with Crippen molar-refractivity contribution in [3.05, 3.63) is 101 Å². The molecule has 0 aromatic heterocycles. The van der Waals surface area contributed by atoms with Crippen LogP contribution < -0.4 is 5.32 Å². The minimum absolute atomic E-state index is 0.00774. The predicted molar refractivity (Wildman–Crippen MR) is 142 cm³/mol. The third-order valence-corrected chi connectivity index (χ3v) is 7.22. The van der Waals surface area contributed by atoms with E-state index in [4.69, 9.17) is 5.10 Å². The van der Waals surface area contributed by atoms with E-state index in [1.54, 1.807) is 17.1 Å². The zero-order chi connectivity index (χ0) is 25.2. The van der Waals surface area contributed by atoms with Crippen LogP contribution in [0.3, 0.4) is 0 Å². The van der Waals surface area contributed by atoms with Crippen molar-refractivity contribution in [3.63, 3.8) is 0 Å². The predicted octanol–water partition coefficient (Wildman–Crippen LogP) is 5.62. The highest BCUT2D eigenvalue weighted by molar-refractivity contribution is 8.15. The molecule has 0 bridgehead atoms. The monoisotopic (exact) mass is 500 g/mol. The van der Waals surface area contributed by atoms with Gasteiger partial charge in [-0.25, -0.2) is 9.40 Å². The maximum absolute atomic E-state index is 13.6. The van der Waals surface area contributed by atoms with E-state index in [0.717, 1.165) is 28.0 Å². The molecule has 8 heteroatoms. The van der Waals surface area contributed by atoms with Crippen LogP contribution in [0.5, 0.6) is 0 Å². The summed E-state index contributed by atoms with van der Waals surface area (Å²) in [6, 6.07) is 21.7. The summed E-state index contributed by atoms with van der Waals surface area (Å²) < 4.78 is 13.6. The lowest BCUT2D eigenvalue weighted by atomic mass is 9.99. The van der Waals surface area contributed by atoms with Gasteiger partial charge in [0.15, 0.2) is 5.17 Å². The Labute approximate surface area is 213 Å². The van der Waals surface area contributed by atoms with Gasteiger partial charge in [-0.15, -0.1) is 0 Å². The second-order valence-corrected chi connectivity index (χ2v) is 10.2. The SMILES string of the molecule is Cc1cc(C)cc(NC(=O)C[C@H]2SC(N3N=C(c4ccccc4)C[C@H]3c3ccc(F)cc3)=NC2=O)c1. The highest BCUT2D eigenvalue weighted by Crippen LogP contribution is 2.38. The van der Waals surface area contributed by atoms with Gasteiger partial charge in [-0.1, -0.05) is 60.3 Å². The Bertz CT molecular complexity index is 1350. The summed E-state index contributed by atoms with van der Waals surface area (Å²) in [6.45, 7) is 3.94. The van der Waals surface area contributed by atoms with E-state index in [1.807, 2.05) is 62.4 Å². The fourth-order valence-electron chi connectivity index (χ4n) is 4.47. The highest BCUT2D eigenvalue weighted by atomic mass is 32.2. The van der Waals surface area contributed by atoms with Gasteiger partial charge in [0, 0.05) is 18.5 Å². The van der Waals surface area contributed by atoms with Crippen molar-refractivity contribution in [3.8, 4) is 0 Å². The number of aliphatic imine (C=N–C) groups is 1. The first kappa shape index (κ1) is 23.9. The summed E-state index contributed by atoms with van der Waals surface area (Å²) >= 11 is 1.24. The van der Waals surface area contributed by atoms with E-state index >= 15 is 0 Å². The largest absolute Gasteiger partial charge is 0.326 e. The van der Waals surface area contributed by atoms with Crippen LogP contribution in [0.25, 0.3) is 0 Å². The molecule has 5 rings (SSSR count). The van der Waals surface area contributed by atoms with E-state index in [0.29, 0.717) is 17.3 Å². The number of rotatable bonds is 5. The van der Waals surface area contributed by atoms with Gasteiger partial charge < -0.3 is 5.32 Å². The first-order valence-corrected chi connectivity index (χ1v) is 12.6. The summed E-state index contributed by atoms with van der Waals surface area (Å²) in [4.78, 5) is 29.7. The minimum Gasteiger partial charge on any atom is -0.326 e. The number of benzene rings is 3. The second-order valence-electron chi connectivity index (χ2n) is 9.00. The molecule has 2 atom stereocenters. The standard InChI is InChI=1S/C28H25FN4O2S/c1-17-12-18(2)14-22(13-17)30-26(34)16-25-27(35)31-28(36-25)33-24(20-8-10-21(29)11-9-20)15-23(32-33)19-6-4-3-5-7-19/h3-14,24-25H,15-16H2,1-2H3,(H,30,34)/t24-,25+/m0/s1. The zero-order valence-corrected chi connectivity index (χ0v) is 20.8. The number of nitrogens with zero attached hydrogens (tertiary/aromatic N) is 3. The molecule has 2 aliphatic rings. The average Bonchev–Trinajstić information content (AvgIpc) is 3.43. The topological polar surface area (TPSA) is 74.1 Å². The molecule has 0 aliphatic carbocycles. The molecule has 0 saturated heterocycles. The summed E-state index contributed by atoms with van der Waals surface area (Å²) in [5.41, 5.74) is 5.52. The first-order valence-electron chi connectivity index (χ1n) is 11.7. The van der Waals surface area contributed by atoms with Crippen molar-refractivity contribution in [1.82, 2.24) is 5.01 Å². The van der Waals surface area contributed by atoms with E-state index in [9.17, 15) is 14.0 Å². The van der Waals surface area contributed by atoms with Crippen molar-refractivity contribution < 1.29 is 14.0 Å². The van der Waals surface area contributed by atoms with E-state index < -0.39 is 5.25 Å². The fraction of sp³-hybridized carbons (Fsp3) is 0.214. The molecule has 6 nitrogen and oxygen atoms in total. The Kier molecular flexibility index (Phi) is 6.69. The smallest absolute Gasteiger partial charge is 0.262 e. The third kappa shape index (κ3) is 5.23. The molecule has 0 unspecified atom stereocenters. The minimum atomic E-state index is -0.629. The zero-order valence-electron chi connectivity index (χ0n) is 19.9. The van der Waals surface area contributed by atoms with Crippen LogP contribution >= 0.6 is 11.8 Å². The summed E-state index contributed by atoms with van der Waals surface area (Å²) in [5.74, 6) is -0.913. The molecule has 0 spiro atoms. The van der Waals surface area contributed by atoms with Crippen LogP contribution in [0.15, 0.2) is 82.9 Å². The highest BCUT2D eigenvalue weighted by Gasteiger charge is 2.39. The Morgan fingerprint density at radius 1 is 1.06 bits per heavy atom.